The van der Waals surface area contributed by atoms with Gasteiger partial charge in [-0.25, -0.2) is 15.0 Å². The first-order chi connectivity index (χ1) is 32.3. The molecule has 4 aromatic heterocycles. The summed E-state index contributed by atoms with van der Waals surface area (Å²) in [6.07, 6.45) is 0. The van der Waals surface area contributed by atoms with E-state index in [1.54, 1.807) is 0 Å². The van der Waals surface area contributed by atoms with E-state index in [4.69, 9.17) is 23.8 Å². The summed E-state index contributed by atoms with van der Waals surface area (Å²) in [5.74, 6) is 3.54. The van der Waals surface area contributed by atoms with Crippen LogP contribution >= 0.6 is 0 Å². The topological polar surface area (TPSA) is 69.9 Å². The Morgan fingerprint density at radius 3 is 1.65 bits per heavy atom. The first-order valence-electron chi connectivity index (χ1n) is 22.5. The van der Waals surface area contributed by atoms with Crippen molar-refractivity contribution in [1.29, 1.82) is 0 Å². The lowest BCUT2D eigenvalue weighted by molar-refractivity contribution is 0.579. The molecule has 5 heterocycles. The molecule has 1 aliphatic heterocycles. The highest BCUT2D eigenvalue weighted by Crippen LogP contribution is 2.43. The largest absolute Gasteiger partial charge is 0.461 e. The maximum atomic E-state index is 6.64. The molecule has 0 N–H and O–H groups in total. The van der Waals surface area contributed by atoms with Crippen LogP contribution in [-0.4, -0.2) is 27.6 Å². The van der Waals surface area contributed by atoms with E-state index in [9.17, 15) is 0 Å². The average Bonchev–Trinajstić information content (AvgIpc) is 4.10. The minimum atomic E-state index is -1.86. The monoisotopic (exact) mass is 866 g/mol. The maximum absolute atomic E-state index is 6.64. The van der Waals surface area contributed by atoms with Gasteiger partial charge in [-0.1, -0.05) is 140 Å². The summed E-state index contributed by atoms with van der Waals surface area (Å²) in [6, 6.07) is 64.7. The van der Waals surface area contributed by atoms with Gasteiger partial charge in [-0.2, -0.15) is 0 Å². The molecular weight excluding hydrogens is 825 g/mol. The highest BCUT2D eigenvalue weighted by molar-refractivity contribution is 7.03. The van der Waals surface area contributed by atoms with Crippen molar-refractivity contribution in [2.24, 2.45) is 0 Å². The third-order valence-corrected chi connectivity index (χ3v) is 17.2. The normalized spacial score (nSPS) is 13.0. The SMILES string of the molecule is Cc1cc2c(-c3nc(-c4ccccc4)nc(-c4ccccc4)n3)ccc(-c3ccc4c(c3)c3ccccc3n4-c3ccc(-c4ccc5c(c4)[Si](C)(C)c4ccccc4-5)c4oc(C)cc34)c2o1. The number of hydrogen-bond donors (Lipinski definition) is 0. The molecule has 12 aromatic rings. The van der Waals surface area contributed by atoms with Crippen LogP contribution in [0, 0.1) is 13.8 Å². The second kappa shape index (κ2) is 14.4. The number of hydrogen-bond acceptors (Lipinski definition) is 5. The molecular formula is C59H42N4O2Si. The van der Waals surface area contributed by atoms with Crippen LogP contribution in [0.25, 0.3) is 117 Å². The quantitative estimate of drug-likeness (QED) is 0.156. The number of fused-ring (bicyclic) bond motifs is 8. The van der Waals surface area contributed by atoms with E-state index in [1.165, 1.54) is 32.5 Å². The Morgan fingerprint density at radius 1 is 0.379 bits per heavy atom. The van der Waals surface area contributed by atoms with E-state index < -0.39 is 8.07 Å². The van der Waals surface area contributed by atoms with Crippen molar-refractivity contribution in [3.05, 3.63) is 194 Å². The van der Waals surface area contributed by atoms with Gasteiger partial charge in [-0.05, 0) is 101 Å². The fourth-order valence-electron chi connectivity index (χ4n) is 10.5. The van der Waals surface area contributed by atoms with E-state index in [0.29, 0.717) is 17.5 Å². The number of nitrogens with zero attached hydrogens (tertiary/aromatic N) is 4. The number of para-hydroxylation sites is 1. The molecule has 66 heavy (non-hydrogen) atoms. The first-order valence-corrected chi connectivity index (χ1v) is 25.5. The van der Waals surface area contributed by atoms with Gasteiger partial charge in [0.05, 0.1) is 16.7 Å². The highest BCUT2D eigenvalue weighted by Gasteiger charge is 2.37. The molecule has 314 valence electrons. The van der Waals surface area contributed by atoms with Crippen LogP contribution in [-0.2, 0) is 0 Å². The van der Waals surface area contributed by atoms with Gasteiger partial charge in [-0.3, -0.25) is 0 Å². The van der Waals surface area contributed by atoms with E-state index >= 15 is 0 Å². The van der Waals surface area contributed by atoms with Crippen LogP contribution in [0.3, 0.4) is 0 Å². The van der Waals surface area contributed by atoms with Crippen molar-refractivity contribution in [2.45, 2.75) is 26.9 Å². The molecule has 0 spiro atoms. The number of aromatic nitrogens is 4. The van der Waals surface area contributed by atoms with Gasteiger partial charge in [-0.15, -0.1) is 0 Å². The average molecular weight is 867 g/mol. The van der Waals surface area contributed by atoms with Crippen molar-refractivity contribution in [3.63, 3.8) is 0 Å². The fraction of sp³-hybridized carbons (Fsp3) is 0.0678. The molecule has 0 radical (unpaired) electrons. The minimum Gasteiger partial charge on any atom is -0.461 e. The summed E-state index contributed by atoms with van der Waals surface area (Å²) in [7, 11) is -1.86. The molecule has 0 bridgehead atoms. The Balaban J connectivity index is 0.941. The summed E-state index contributed by atoms with van der Waals surface area (Å²) < 4.78 is 15.6. The Hall–Kier alpha value is -8.13. The second-order valence-electron chi connectivity index (χ2n) is 18.0. The molecule has 0 atom stereocenters. The zero-order chi connectivity index (χ0) is 44.3. The third-order valence-electron chi connectivity index (χ3n) is 13.6. The van der Waals surface area contributed by atoms with E-state index in [2.05, 4.69) is 146 Å². The van der Waals surface area contributed by atoms with Crippen molar-refractivity contribution in [3.8, 4) is 73.2 Å². The molecule has 0 saturated heterocycles. The number of aryl methyl sites for hydroxylation is 2. The third kappa shape index (κ3) is 5.83. The van der Waals surface area contributed by atoms with Crippen molar-refractivity contribution in [1.82, 2.24) is 19.5 Å². The lowest BCUT2D eigenvalue weighted by Gasteiger charge is -2.19. The molecule has 1 aliphatic rings. The van der Waals surface area contributed by atoms with Crippen LogP contribution < -0.4 is 10.4 Å². The van der Waals surface area contributed by atoms with E-state index in [-0.39, 0.29) is 0 Å². The second-order valence-corrected chi connectivity index (χ2v) is 22.4. The number of rotatable bonds is 6. The summed E-state index contributed by atoms with van der Waals surface area (Å²) in [5.41, 5.74) is 14.9. The molecule has 0 unspecified atom stereocenters. The summed E-state index contributed by atoms with van der Waals surface area (Å²) >= 11 is 0. The number of benzene rings is 8. The summed E-state index contributed by atoms with van der Waals surface area (Å²) in [5, 5.41) is 7.36. The Bertz CT molecular complexity index is 3880. The predicted octanol–water partition coefficient (Wildman–Crippen LogP) is 14.2. The van der Waals surface area contributed by atoms with Gasteiger partial charge in [0.15, 0.2) is 17.5 Å². The maximum Gasteiger partial charge on any atom is 0.164 e. The molecule has 0 saturated carbocycles. The van der Waals surface area contributed by atoms with Crippen molar-refractivity contribution in [2.75, 3.05) is 0 Å². The van der Waals surface area contributed by atoms with E-state index in [0.717, 1.165) is 88.9 Å². The first kappa shape index (κ1) is 38.3. The van der Waals surface area contributed by atoms with Gasteiger partial charge in [0, 0.05) is 49.4 Å². The molecule has 8 aromatic carbocycles. The highest BCUT2D eigenvalue weighted by atomic mass is 28.3. The number of furan rings is 2. The molecule has 0 aliphatic carbocycles. The molecule has 7 heteroatoms. The summed E-state index contributed by atoms with van der Waals surface area (Å²) in [6.45, 7) is 8.99. The lowest BCUT2D eigenvalue weighted by atomic mass is 9.98. The van der Waals surface area contributed by atoms with Gasteiger partial charge in [0.2, 0.25) is 0 Å². The molecule has 6 nitrogen and oxygen atoms in total. The van der Waals surface area contributed by atoms with Crippen molar-refractivity contribution < 1.29 is 8.83 Å². The van der Waals surface area contributed by atoms with Gasteiger partial charge in [0.25, 0.3) is 0 Å². The predicted molar refractivity (Wildman–Crippen MR) is 273 cm³/mol. The Kier molecular flexibility index (Phi) is 8.39. The van der Waals surface area contributed by atoms with Gasteiger partial charge in [0.1, 0.15) is 30.8 Å². The lowest BCUT2D eigenvalue weighted by Crippen LogP contribution is -2.49. The van der Waals surface area contributed by atoms with Crippen LogP contribution in [0.5, 0.6) is 0 Å². The van der Waals surface area contributed by atoms with Gasteiger partial charge < -0.3 is 13.4 Å². The van der Waals surface area contributed by atoms with E-state index in [1.807, 2.05) is 67.6 Å². The standard InChI is InChI=1S/C59H42N4O2Si/c1-35-31-48-46(59-61-57(37-15-7-5-8-16-37)60-58(62-59)38-17-9-6-10-18-38)27-26-41(55(48)64-35)39-24-29-51-47(33-39)43-19-11-13-21-50(43)63(51)52-30-28-42(56-49(52)32-36(2)65-56)40-23-25-45-44-20-12-14-22-53(44)66(3,4)54(45)34-40/h5-34H,1-4H3. The minimum absolute atomic E-state index is 0.595. The Morgan fingerprint density at radius 2 is 0.909 bits per heavy atom. The summed E-state index contributed by atoms with van der Waals surface area (Å²) in [4.78, 5) is 15.1. The van der Waals surface area contributed by atoms with Crippen LogP contribution in [0.15, 0.2) is 191 Å². The fourth-order valence-corrected chi connectivity index (χ4v) is 13.6. The molecule has 0 amide bonds. The van der Waals surface area contributed by atoms with Crippen LogP contribution in [0.4, 0.5) is 0 Å². The zero-order valence-electron chi connectivity index (χ0n) is 36.9. The molecule has 13 rings (SSSR count). The Labute approximate surface area is 382 Å². The smallest absolute Gasteiger partial charge is 0.164 e. The molecule has 0 fully saturated rings. The zero-order valence-corrected chi connectivity index (χ0v) is 37.9. The van der Waals surface area contributed by atoms with Crippen molar-refractivity contribution >= 4 is 62.2 Å². The van der Waals surface area contributed by atoms with Crippen LogP contribution in [0.1, 0.15) is 11.5 Å². The van der Waals surface area contributed by atoms with Crippen LogP contribution in [0.2, 0.25) is 13.1 Å². The van der Waals surface area contributed by atoms with Gasteiger partial charge >= 0.3 is 0 Å².